The van der Waals surface area contributed by atoms with Crippen LogP contribution in [0.5, 0.6) is 0 Å². The van der Waals surface area contributed by atoms with Gasteiger partial charge in [-0.1, -0.05) is 80.8 Å². The Balaban J connectivity index is 1.33. The molecule has 0 bridgehead atoms. The fourth-order valence-electron chi connectivity index (χ4n) is 4.35. The molecular weight excluding hydrogens is 354 g/mol. The van der Waals surface area contributed by atoms with Gasteiger partial charge in [0.05, 0.1) is 5.69 Å². The van der Waals surface area contributed by atoms with E-state index in [0.29, 0.717) is 5.92 Å². The highest BCUT2D eigenvalue weighted by Crippen LogP contribution is 2.29. The maximum absolute atomic E-state index is 4.94. The number of benzene rings is 2. The van der Waals surface area contributed by atoms with Gasteiger partial charge in [0.15, 0.2) is 0 Å². The highest BCUT2D eigenvalue weighted by atomic mass is 15.1. The molecule has 1 N–H and O–H groups in total. The normalized spacial score (nSPS) is 15.6. The Morgan fingerprint density at radius 3 is 2.28 bits per heavy atom. The molecule has 0 spiro atoms. The lowest BCUT2D eigenvalue weighted by molar-refractivity contribution is 0.205. The molecule has 4 rings (SSSR count). The first-order chi connectivity index (χ1) is 14.3. The zero-order valence-corrected chi connectivity index (χ0v) is 17.6. The van der Waals surface area contributed by atoms with Crippen LogP contribution in [-0.2, 0) is 0 Å². The number of nitrogens with zero attached hydrogens (tertiary/aromatic N) is 2. The molecule has 1 aliphatic rings. The molecule has 2 heterocycles. The van der Waals surface area contributed by atoms with Gasteiger partial charge in [-0.2, -0.15) is 0 Å². The van der Waals surface area contributed by atoms with Gasteiger partial charge in [0.1, 0.15) is 5.82 Å². The average molecular weight is 388 g/mol. The second kappa shape index (κ2) is 9.89. The van der Waals surface area contributed by atoms with E-state index >= 15 is 0 Å². The summed E-state index contributed by atoms with van der Waals surface area (Å²) in [5.41, 5.74) is 4.74. The third-order valence-electron chi connectivity index (χ3n) is 6.19. The molecule has 3 heteroatoms. The van der Waals surface area contributed by atoms with Crippen LogP contribution in [0.4, 0.5) is 0 Å². The van der Waals surface area contributed by atoms with Crippen LogP contribution in [0.15, 0.2) is 60.8 Å². The predicted octanol–water partition coefficient (Wildman–Crippen LogP) is 6.50. The summed E-state index contributed by atoms with van der Waals surface area (Å²) in [6.45, 7) is 5.96. The molecule has 0 aliphatic carbocycles. The van der Waals surface area contributed by atoms with E-state index in [1.54, 1.807) is 0 Å². The lowest BCUT2D eigenvalue weighted by Gasteiger charge is -2.31. The number of hydrogen-bond donors (Lipinski definition) is 1. The van der Waals surface area contributed by atoms with Gasteiger partial charge in [-0.15, -0.1) is 0 Å². The Labute approximate surface area is 175 Å². The molecule has 1 fully saturated rings. The zero-order chi connectivity index (χ0) is 19.9. The highest BCUT2D eigenvalue weighted by Gasteiger charge is 2.22. The van der Waals surface area contributed by atoms with Crippen molar-refractivity contribution >= 4 is 0 Å². The van der Waals surface area contributed by atoms with Gasteiger partial charge in [-0.25, -0.2) is 4.98 Å². The van der Waals surface area contributed by atoms with Gasteiger partial charge in [0.25, 0.3) is 0 Å². The topological polar surface area (TPSA) is 31.9 Å². The van der Waals surface area contributed by atoms with Gasteiger partial charge >= 0.3 is 0 Å². The molecule has 1 saturated heterocycles. The summed E-state index contributed by atoms with van der Waals surface area (Å²) >= 11 is 0. The third-order valence-corrected chi connectivity index (χ3v) is 6.19. The van der Waals surface area contributed by atoms with E-state index in [9.17, 15) is 0 Å². The van der Waals surface area contributed by atoms with Crippen molar-refractivity contribution in [3.63, 3.8) is 0 Å². The van der Waals surface area contributed by atoms with Crippen LogP contribution in [0.2, 0.25) is 0 Å². The molecule has 3 nitrogen and oxygen atoms in total. The molecule has 0 saturated carbocycles. The van der Waals surface area contributed by atoms with E-state index in [1.807, 2.05) is 0 Å². The summed E-state index contributed by atoms with van der Waals surface area (Å²) in [6.07, 6.45) is 9.92. The number of rotatable bonds is 8. The van der Waals surface area contributed by atoms with E-state index in [0.717, 1.165) is 11.5 Å². The van der Waals surface area contributed by atoms with Gasteiger partial charge in [-0.3, -0.25) is 0 Å². The van der Waals surface area contributed by atoms with Crippen molar-refractivity contribution in [2.45, 2.75) is 51.4 Å². The molecule has 29 heavy (non-hydrogen) atoms. The van der Waals surface area contributed by atoms with Crippen LogP contribution in [0.1, 0.15) is 57.2 Å². The molecule has 2 aromatic carbocycles. The monoisotopic (exact) mass is 387 g/mol. The Morgan fingerprint density at radius 1 is 0.862 bits per heavy atom. The van der Waals surface area contributed by atoms with Crippen molar-refractivity contribution in [3.05, 3.63) is 66.6 Å². The van der Waals surface area contributed by atoms with Crippen LogP contribution < -0.4 is 0 Å². The van der Waals surface area contributed by atoms with Crippen LogP contribution in [0, 0.1) is 0 Å². The zero-order valence-electron chi connectivity index (χ0n) is 17.6. The van der Waals surface area contributed by atoms with Crippen molar-refractivity contribution in [2.24, 2.45) is 0 Å². The molecule has 1 aliphatic heterocycles. The number of aromatic nitrogens is 2. The minimum atomic E-state index is 0.569. The summed E-state index contributed by atoms with van der Waals surface area (Å²) in [5.74, 6) is 1.73. The lowest BCUT2D eigenvalue weighted by Crippen LogP contribution is -2.33. The number of piperidine rings is 1. The standard InChI is InChI=1S/C26H33N3/c1-2-3-4-8-17-29-18-15-24(16-19-29)26-27-20-25(28-26)23-13-11-22(12-14-23)21-9-6-5-7-10-21/h5-7,9-14,20,24H,2-4,8,15-19H2,1H3,(H,27,28). The van der Waals surface area contributed by atoms with E-state index in [1.165, 1.54) is 74.8 Å². The van der Waals surface area contributed by atoms with E-state index in [4.69, 9.17) is 4.98 Å². The van der Waals surface area contributed by atoms with Crippen LogP contribution in [-0.4, -0.2) is 34.5 Å². The van der Waals surface area contributed by atoms with Crippen molar-refractivity contribution < 1.29 is 0 Å². The highest BCUT2D eigenvalue weighted by molar-refractivity contribution is 5.68. The van der Waals surface area contributed by atoms with Gasteiger partial charge < -0.3 is 9.88 Å². The third kappa shape index (κ3) is 5.16. The molecule has 3 aromatic rings. The lowest BCUT2D eigenvalue weighted by atomic mass is 9.96. The van der Waals surface area contributed by atoms with E-state index in [2.05, 4.69) is 77.6 Å². The Morgan fingerprint density at radius 2 is 1.55 bits per heavy atom. The molecule has 0 atom stereocenters. The first-order valence-electron chi connectivity index (χ1n) is 11.3. The fraction of sp³-hybridized carbons (Fsp3) is 0.423. The smallest absolute Gasteiger partial charge is 0.110 e. The number of unbranched alkanes of at least 4 members (excludes halogenated alkanes) is 3. The minimum absolute atomic E-state index is 0.569. The summed E-state index contributed by atoms with van der Waals surface area (Å²) in [6, 6.07) is 19.3. The van der Waals surface area contributed by atoms with Gasteiger partial charge in [0, 0.05) is 17.7 Å². The fourth-order valence-corrected chi connectivity index (χ4v) is 4.35. The molecule has 0 unspecified atom stereocenters. The van der Waals surface area contributed by atoms with Crippen molar-refractivity contribution in [2.75, 3.05) is 19.6 Å². The minimum Gasteiger partial charge on any atom is -0.348 e. The van der Waals surface area contributed by atoms with Crippen molar-refractivity contribution in [1.82, 2.24) is 14.9 Å². The van der Waals surface area contributed by atoms with E-state index < -0.39 is 0 Å². The molecule has 0 radical (unpaired) electrons. The Kier molecular flexibility index (Phi) is 6.79. The van der Waals surface area contributed by atoms with Crippen molar-refractivity contribution in [3.8, 4) is 22.4 Å². The first kappa shape index (κ1) is 19.9. The number of likely N-dealkylation sites (tertiary alicyclic amines) is 1. The second-order valence-corrected chi connectivity index (χ2v) is 8.29. The van der Waals surface area contributed by atoms with Crippen molar-refractivity contribution in [1.29, 1.82) is 0 Å². The van der Waals surface area contributed by atoms with Crippen LogP contribution in [0.25, 0.3) is 22.4 Å². The number of nitrogens with one attached hydrogen (secondary N) is 1. The number of aromatic amines is 1. The molecule has 1 aromatic heterocycles. The quantitative estimate of drug-likeness (QED) is 0.447. The number of H-pyrrole nitrogens is 1. The summed E-state index contributed by atoms with van der Waals surface area (Å²) in [7, 11) is 0. The van der Waals surface area contributed by atoms with Crippen LogP contribution >= 0.6 is 0 Å². The first-order valence-corrected chi connectivity index (χ1v) is 11.3. The second-order valence-electron chi connectivity index (χ2n) is 8.29. The Bertz CT molecular complexity index is 858. The molecule has 0 amide bonds. The predicted molar refractivity (Wildman–Crippen MR) is 122 cm³/mol. The van der Waals surface area contributed by atoms with Gasteiger partial charge in [0.2, 0.25) is 0 Å². The average Bonchev–Trinajstić information content (AvgIpc) is 3.28. The summed E-state index contributed by atoms with van der Waals surface area (Å²) in [5, 5.41) is 0. The molecule has 152 valence electrons. The largest absolute Gasteiger partial charge is 0.348 e. The van der Waals surface area contributed by atoms with E-state index in [-0.39, 0.29) is 0 Å². The Hall–Kier alpha value is -2.39. The maximum Gasteiger partial charge on any atom is 0.110 e. The van der Waals surface area contributed by atoms with Crippen LogP contribution in [0.3, 0.4) is 0 Å². The van der Waals surface area contributed by atoms with Gasteiger partial charge in [-0.05, 0) is 50.0 Å². The number of imidazole rings is 1. The maximum atomic E-state index is 4.94. The SMILES string of the molecule is CCCCCCN1CCC(c2nc(-c3ccc(-c4ccccc4)cc3)c[nH]2)CC1. The number of hydrogen-bond acceptors (Lipinski definition) is 2. The molecular formula is C26H33N3. The summed E-state index contributed by atoms with van der Waals surface area (Å²) < 4.78 is 0. The summed E-state index contributed by atoms with van der Waals surface area (Å²) in [4.78, 5) is 11.0.